The zero-order valence-corrected chi connectivity index (χ0v) is 16.0. The average Bonchev–Trinajstić information content (AvgIpc) is 3.00. The lowest BCUT2D eigenvalue weighted by molar-refractivity contribution is 0.185. The van der Waals surface area contributed by atoms with Gasteiger partial charge in [-0.3, -0.25) is 4.72 Å². The minimum Gasteiger partial charge on any atom is -0.385 e. The van der Waals surface area contributed by atoms with Gasteiger partial charge in [0.1, 0.15) is 11.9 Å². The number of sulfonamides is 1. The van der Waals surface area contributed by atoms with Crippen molar-refractivity contribution < 1.29 is 17.9 Å². The van der Waals surface area contributed by atoms with Gasteiger partial charge in [0.05, 0.1) is 15.6 Å². The molecule has 2 N–H and O–H groups in total. The van der Waals surface area contributed by atoms with Gasteiger partial charge in [-0.15, -0.1) is 10.2 Å². The molecule has 0 bridgehead atoms. The van der Waals surface area contributed by atoms with Crippen LogP contribution in [-0.4, -0.2) is 28.3 Å². The van der Waals surface area contributed by atoms with E-state index in [2.05, 4.69) is 14.9 Å². The SMILES string of the molecule is CC(O)c1nnc(-c2cc(Cl)c(F)cc2NS(=O)(=O)c2ccccc2)n1C. The normalized spacial score (nSPS) is 12.8. The molecule has 0 aliphatic rings. The van der Waals surface area contributed by atoms with E-state index in [0.29, 0.717) is 0 Å². The molecule has 1 aromatic heterocycles. The van der Waals surface area contributed by atoms with E-state index >= 15 is 0 Å². The Morgan fingerprint density at radius 2 is 1.89 bits per heavy atom. The summed E-state index contributed by atoms with van der Waals surface area (Å²) in [5.74, 6) is -0.301. The summed E-state index contributed by atoms with van der Waals surface area (Å²) in [6, 6.07) is 9.92. The first-order valence-electron chi connectivity index (χ1n) is 7.85. The average molecular weight is 411 g/mol. The number of aromatic nitrogens is 3. The lowest BCUT2D eigenvalue weighted by Gasteiger charge is -2.14. The molecule has 0 saturated heterocycles. The number of aliphatic hydroxyl groups excluding tert-OH is 1. The van der Waals surface area contributed by atoms with Gasteiger partial charge in [-0.05, 0) is 25.1 Å². The van der Waals surface area contributed by atoms with E-state index in [1.807, 2.05) is 0 Å². The smallest absolute Gasteiger partial charge is 0.261 e. The van der Waals surface area contributed by atoms with E-state index in [-0.39, 0.29) is 32.8 Å². The first kappa shape index (κ1) is 19.3. The lowest BCUT2D eigenvalue weighted by Crippen LogP contribution is -2.14. The third-order valence-corrected chi connectivity index (χ3v) is 5.55. The molecule has 1 atom stereocenters. The molecule has 3 rings (SSSR count). The topological polar surface area (TPSA) is 97.1 Å². The Labute approximate surface area is 160 Å². The maximum Gasteiger partial charge on any atom is 0.261 e. The summed E-state index contributed by atoms with van der Waals surface area (Å²) < 4.78 is 43.1. The number of benzene rings is 2. The van der Waals surface area contributed by atoms with Gasteiger partial charge in [0.2, 0.25) is 0 Å². The molecule has 0 radical (unpaired) electrons. The van der Waals surface area contributed by atoms with Crippen LogP contribution in [0, 0.1) is 5.82 Å². The quantitative estimate of drug-likeness (QED) is 0.673. The fourth-order valence-corrected chi connectivity index (χ4v) is 3.81. The summed E-state index contributed by atoms with van der Waals surface area (Å²) in [4.78, 5) is 0.0222. The van der Waals surface area contributed by atoms with Crippen LogP contribution in [0.5, 0.6) is 0 Å². The lowest BCUT2D eigenvalue weighted by atomic mass is 10.1. The second-order valence-corrected chi connectivity index (χ2v) is 7.94. The van der Waals surface area contributed by atoms with Crippen LogP contribution in [0.4, 0.5) is 10.1 Å². The number of rotatable bonds is 5. The molecule has 27 heavy (non-hydrogen) atoms. The highest BCUT2D eigenvalue weighted by Gasteiger charge is 2.22. The summed E-state index contributed by atoms with van der Waals surface area (Å²) in [5, 5.41) is 17.4. The molecule has 1 unspecified atom stereocenters. The zero-order valence-electron chi connectivity index (χ0n) is 14.4. The molecule has 1 heterocycles. The van der Waals surface area contributed by atoms with Gasteiger partial charge in [-0.1, -0.05) is 29.8 Å². The largest absolute Gasteiger partial charge is 0.385 e. The van der Waals surface area contributed by atoms with Crippen molar-refractivity contribution in [1.82, 2.24) is 14.8 Å². The van der Waals surface area contributed by atoms with Gasteiger partial charge in [0.25, 0.3) is 10.0 Å². The van der Waals surface area contributed by atoms with Gasteiger partial charge < -0.3 is 9.67 Å². The molecule has 0 fully saturated rings. The molecule has 3 aromatic rings. The van der Waals surface area contributed by atoms with Crippen LogP contribution < -0.4 is 4.72 Å². The molecule has 2 aromatic carbocycles. The summed E-state index contributed by atoms with van der Waals surface area (Å²) in [5.41, 5.74) is 0.177. The predicted octanol–water partition coefficient (Wildman–Crippen LogP) is 3.13. The minimum absolute atomic E-state index is 0.0222. The van der Waals surface area contributed by atoms with Crippen molar-refractivity contribution >= 4 is 27.3 Å². The second kappa shape index (κ2) is 7.26. The van der Waals surface area contributed by atoms with Crippen molar-refractivity contribution in [3.8, 4) is 11.4 Å². The van der Waals surface area contributed by atoms with Gasteiger partial charge >= 0.3 is 0 Å². The monoisotopic (exact) mass is 410 g/mol. The number of aliphatic hydroxyl groups is 1. The first-order valence-corrected chi connectivity index (χ1v) is 9.71. The van der Waals surface area contributed by atoms with Crippen LogP contribution >= 0.6 is 11.6 Å². The van der Waals surface area contributed by atoms with Crippen molar-refractivity contribution in [3.05, 3.63) is 59.1 Å². The van der Waals surface area contributed by atoms with E-state index in [1.54, 1.807) is 25.2 Å². The molecule has 0 aliphatic heterocycles. The third-order valence-electron chi connectivity index (χ3n) is 3.88. The molecule has 142 valence electrons. The Bertz CT molecular complexity index is 1090. The van der Waals surface area contributed by atoms with Crippen LogP contribution in [0.1, 0.15) is 18.9 Å². The van der Waals surface area contributed by atoms with E-state index in [9.17, 15) is 17.9 Å². The summed E-state index contributed by atoms with van der Waals surface area (Å²) in [6.45, 7) is 1.52. The summed E-state index contributed by atoms with van der Waals surface area (Å²) in [7, 11) is -2.36. The highest BCUT2D eigenvalue weighted by Crippen LogP contribution is 2.33. The Morgan fingerprint density at radius 1 is 1.22 bits per heavy atom. The van der Waals surface area contributed by atoms with Crippen molar-refractivity contribution in [3.63, 3.8) is 0 Å². The van der Waals surface area contributed by atoms with Crippen LogP contribution in [0.3, 0.4) is 0 Å². The van der Waals surface area contributed by atoms with Crippen LogP contribution in [0.2, 0.25) is 5.02 Å². The van der Waals surface area contributed by atoms with Gasteiger partial charge in [0, 0.05) is 18.7 Å². The predicted molar refractivity (Wildman–Crippen MR) is 99.3 cm³/mol. The molecule has 0 spiro atoms. The van der Waals surface area contributed by atoms with Gasteiger partial charge in [0.15, 0.2) is 11.6 Å². The summed E-state index contributed by atoms with van der Waals surface area (Å²) in [6.07, 6.45) is -0.892. The van der Waals surface area contributed by atoms with Crippen LogP contribution in [0.25, 0.3) is 11.4 Å². The number of hydrogen-bond donors (Lipinski definition) is 2. The van der Waals surface area contributed by atoms with E-state index in [0.717, 1.165) is 6.07 Å². The van der Waals surface area contributed by atoms with Crippen LogP contribution in [0.15, 0.2) is 47.4 Å². The maximum absolute atomic E-state index is 14.0. The molecular weight excluding hydrogens is 395 g/mol. The van der Waals surface area contributed by atoms with E-state index < -0.39 is 21.9 Å². The number of nitrogens with zero attached hydrogens (tertiary/aromatic N) is 3. The molecule has 10 heteroatoms. The summed E-state index contributed by atoms with van der Waals surface area (Å²) >= 11 is 5.89. The standard InChI is InChI=1S/C17H16ClFN4O3S/c1-10(24)16-20-21-17(23(16)2)12-8-13(18)14(19)9-15(12)22-27(25,26)11-6-4-3-5-7-11/h3-10,22,24H,1-2H3. The van der Waals surface area contributed by atoms with Crippen molar-refractivity contribution in [2.75, 3.05) is 4.72 Å². The Balaban J connectivity index is 2.13. The van der Waals surface area contributed by atoms with Crippen LogP contribution in [-0.2, 0) is 17.1 Å². The van der Waals surface area contributed by atoms with Gasteiger partial charge in [-0.25, -0.2) is 12.8 Å². The van der Waals surface area contributed by atoms with Gasteiger partial charge in [-0.2, -0.15) is 0 Å². The number of nitrogens with one attached hydrogen (secondary N) is 1. The highest BCUT2D eigenvalue weighted by atomic mass is 35.5. The van der Waals surface area contributed by atoms with Crippen molar-refractivity contribution in [1.29, 1.82) is 0 Å². The molecule has 0 saturated carbocycles. The molecule has 0 aliphatic carbocycles. The number of hydrogen-bond acceptors (Lipinski definition) is 5. The fraction of sp³-hybridized carbons (Fsp3) is 0.176. The molecule has 0 amide bonds. The van der Waals surface area contributed by atoms with Crippen molar-refractivity contribution in [2.45, 2.75) is 17.9 Å². The molecular formula is C17H16ClFN4O3S. The maximum atomic E-state index is 14.0. The second-order valence-electron chi connectivity index (χ2n) is 5.85. The third kappa shape index (κ3) is 3.80. The minimum atomic E-state index is -3.96. The van der Waals surface area contributed by atoms with Crippen molar-refractivity contribution in [2.24, 2.45) is 7.05 Å². The zero-order chi connectivity index (χ0) is 19.8. The number of anilines is 1. The first-order chi connectivity index (χ1) is 12.7. The Kier molecular flexibility index (Phi) is 5.18. The molecule has 7 nitrogen and oxygen atoms in total. The highest BCUT2D eigenvalue weighted by molar-refractivity contribution is 7.92. The van der Waals surface area contributed by atoms with E-state index in [4.69, 9.17) is 11.6 Å². The van der Waals surface area contributed by atoms with E-state index in [1.165, 1.54) is 29.7 Å². The fourth-order valence-electron chi connectivity index (χ4n) is 2.56. The number of halogens is 2. The Morgan fingerprint density at radius 3 is 2.48 bits per heavy atom. The Hall–Kier alpha value is -2.49.